The maximum absolute atomic E-state index is 12.1. The molecule has 3 nitrogen and oxygen atoms in total. The Morgan fingerprint density at radius 1 is 1.00 bits per heavy atom. The molecule has 0 aliphatic rings. The molecule has 2 aromatic rings. The van der Waals surface area contributed by atoms with Crippen molar-refractivity contribution < 1.29 is 9.78 Å². The molecule has 0 fully saturated rings. The number of rotatable bonds is 6. The average molecular weight is 282 g/mol. The van der Waals surface area contributed by atoms with Crippen molar-refractivity contribution in [1.82, 2.24) is 0 Å². The molecule has 0 N–H and O–H groups in total. The summed E-state index contributed by atoms with van der Waals surface area (Å²) in [7, 11) is 0. The van der Waals surface area contributed by atoms with Crippen molar-refractivity contribution in [2.45, 2.75) is 39.5 Å². The van der Waals surface area contributed by atoms with E-state index in [1.54, 1.807) is 4.68 Å². The van der Waals surface area contributed by atoms with Gasteiger partial charge in [-0.15, -0.1) is 0 Å². The van der Waals surface area contributed by atoms with Crippen LogP contribution in [0, 0.1) is 0 Å². The van der Waals surface area contributed by atoms with E-state index in [0.29, 0.717) is 5.56 Å². The van der Waals surface area contributed by atoms with Crippen molar-refractivity contribution in [1.29, 1.82) is 0 Å². The van der Waals surface area contributed by atoms with E-state index in [1.165, 1.54) is 24.0 Å². The molecule has 0 saturated carbocycles. The third-order valence-electron chi connectivity index (χ3n) is 3.52. The van der Waals surface area contributed by atoms with E-state index in [0.717, 1.165) is 12.8 Å². The Kier molecular flexibility index (Phi) is 5.50. The monoisotopic (exact) mass is 282 g/mol. The van der Waals surface area contributed by atoms with Gasteiger partial charge in [-0.3, -0.25) is 0 Å². The zero-order valence-electron chi connectivity index (χ0n) is 12.7. The Bertz CT molecular complexity index is 586. The lowest BCUT2D eigenvalue weighted by Crippen LogP contribution is -2.33. The van der Waals surface area contributed by atoms with Crippen LogP contribution in [0.3, 0.4) is 0 Å². The molecule has 0 radical (unpaired) electrons. The molecule has 2 rings (SSSR count). The van der Waals surface area contributed by atoms with Crippen molar-refractivity contribution in [2.75, 3.05) is 0 Å². The first-order valence-electron chi connectivity index (χ1n) is 7.58. The summed E-state index contributed by atoms with van der Waals surface area (Å²) in [5.41, 5.74) is 3.13. The van der Waals surface area contributed by atoms with E-state index < -0.39 is 0 Å². The van der Waals surface area contributed by atoms with Crippen molar-refractivity contribution in [3.05, 3.63) is 65.5 Å². The Balaban J connectivity index is 2.10. The number of benzene rings is 1. The first-order valence-corrected chi connectivity index (χ1v) is 7.58. The molecule has 1 heterocycles. The Morgan fingerprint density at radius 2 is 1.67 bits per heavy atom. The molecule has 1 aromatic carbocycles. The number of unbranched alkanes of at least 4 members (excludes halogenated alkanes) is 1. The lowest BCUT2D eigenvalue weighted by atomic mass is 10.1. The molecule has 0 aliphatic carbocycles. The topological polar surface area (TPSA) is 39.3 Å². The highest BCUT2D eigenvalue weighted by atomic mass is 16.3. The third kappa shape index (κ3) is 4.42. The predicted molar refractivity (Wildman–Crippen MR) is 83.0 cm³/mol. The molecular formula is C18H22N2O. The summed E-state index contributed by atoms with van der Waals surface area (Å²) in [5.74, 6) is -0.216. The average Bonchev–Trinajstić information content (AvgIpc) is 2.54. The van der Waals surface area contributed by atoms with Crippen LogP contribution in [-0.4, -0.2) is 5.90 Å². The minimum atomic E-state index is -0.216. The maximum Gasteiger partial charge on any atom is 0.202 e. The lowest BCUT2D eigenvalue weighted by molar-refractivity contribution is -0.681. The molecule has 0 amide bonds. The summed E-state index contributed by atoms with van der Waals surface area (Å²) in [6.07, 6.45) is 8.03. The first kappa shape index (κ1) is 15.2. The van der Waals surface area contributed by atoms with Gasteiger partial charge in [0.15, 0.2) is 0 Å². The summed E-state index contributed by atoms with van der Waals surface area (Å²) in [4.78, 5) is 0. The van der Waals surface area contributed by atoms with Gasteiger partial charge in [0.05, 0.1) is 5.90 Å². The maximum atomic E-state index is 12.1. The molecule has 0 saturated heterocycles. The second-order valence-electron chi connectivity index (χ2n) is 5.15. The molecule has 0 spiro atoms. The van der Waals surface area contributed by atoms with Gasteiger partial charge in [-0.25, -0.2) is 0 Å². The largest absolute Gasteiger partial charge is 0.854 e. The van der Waals surface area contributed by atoms with E-state index >= 15 is 0 Å². The third-order valence-corrected chi connectivity index (χ3v) is 3.52. The summed E-state index contributed by atoms with van der Waals surface area (Å²) < 4.78 is 1.56. The van der Waals surface area contributed by atoms with Crippen LogP contribution in [0.4, 0.5) is 0 Å². The van der Waals surface area contributed by atoms with Crippen LogP contribution in [0.15, 0.2) is 53.9 Å². The molecule has 0 atom stereocenters. The number of nitrogens with zero attached hydrogens (tertiary/aromatic N) is 2. The van der Waals surface area contributed by atoms with Gasteiger partial charge < -0.3 is 5.11 Å². The highest BCUT2D eigenvalue weighted by Crippen LogP contribution is 2.07. The molecule has 110 valence electrons. The lowest BCUT2D eigenvalue weighted by Gasteiger charge is -2.08. The number of aromatic nitrogens is 1. The van der Waals surface area contributed by atoms with Crippen molar-refractivity contribution >= 4 is 5.90 Å². The zero-order valence-corrected chi connectivity index (χ0v) is 12.7. The van der Waals surface area contributed by atoms with Crippen LogP contribution in [0.25, 0.3) is 0 Å². The smallest absolute Gasteiger partial charge is 0.202 e. The van der Waals surface area contributed by atoms with E-state index in [2.05, 4.69) is 18.9 Å². The predicted octanol–water partition coefficient (Wildman–Crippen LogP) is 2.45. The van der Waals surface area contributed by atoms with E-state index in [1.807, 2.05) is 48.8 Å². The quantitative estimate of drug-likeness (QED) is 0.456. The van der Waals surface area contributed by atoms with E-state index in [9.17, 15) is 5.11 Å². The van der Waals surface area contributed by atoms with Crippen LogP contribution in [0.1, 0.15) is 43.4 Å². The second kappa shape index (κ2) is 7.58. The summed E-state index contributed by atoms with van der Waals surface area (Å²) in [6, 6.07) is 11.7. The highest BCUT2D eigenvalue weighted by Gasteiger charge is 2.00. The molecule has 0 bridgehead atoms. The van der Waals surface area contributed by atoms with E-state index in [4.69, 9.17) is 0 Å². The molecule has 21 heavy (non-hydrogen) atoms. The fourth-order valence-electron chi connectivity index (χ4n) is 2.11. The van der Waals surface area contributed by atoms with Crippen LogP contribution in [-0.2, 0) is 12.8 Å². The number of hydrogen-bond acceptors (Lipinski definition) is 2. The van der Waals surface area contributed by atoms with Gasteiger partial charge in [0.1, 0.15) is 0 Å². The SMILES string of the molecule is CCCCc1ccc(/C([O-])=N\[n+]2ccc(CC)cc2)cc1. The van der Waals surface area contributed by atoms with E-state index in [-0.39, 0.29) is 5.90 Å². The van der Waals surface area contributed by atoms with Crippen molar-refractivity contribution in [3.8, 4) is 0 Å². The molecule has 3 heteroatoms. The van der Waals surface area contributed by atoms with Gasteiger partial charge in [-0.05, 0) is 41.1 Å². The number of pyridine rings is 1. The minimum Gasteiger partial charge on any atom is -0.854 e. The molecule has 0 aliphatic heterocycles. The summed E-state index contributed by atoms with van der Waals surface area (Å²) in [5, 5.41) is 16.2. The number of hydrogen-bond donors (Lipinski definition) is 0. The molecular weight excluding hydrogens is 260 g/mol. The zero-order chi connectivity index (χ0) is 15.1. The van der Waals surface area contributed by atoms with Gasteiger partial charge in [0, 0.05) is 12.1 Å². The highest BCUT2D eigenvalue weighted by molar-refractivity contribution is 5.90. The summed E-state index contributed by atoms with van der Waals surface area (Å²) >= 11 is 0. The summed E-state index contributed by atoms with van der Waals surface area (Å²) in [6.45, 7) is 4.28. The van der Waals surface area contributed by atoms with Gasteiger partial charge in [0.2, 0.25) is 12.4 Å². The Morgan fingerprint density at radius 3 is 2.24 bits per heavy atom. The van der Waals surface area contributed by atoms with Gasteiger partial charge in [-0.2, -0.15) is 0 Å². The van der Waals surface area contributed by atoms with Crippen LogP contribution < -0.4 is 9.78 Å². The fourth-order valence-corrected chi connectivity index (χ4v) is 2.11. The minimum absolute atomic E-state index is 0.216. The van der Waals surface area contributed by atoms with Gasteiger partial charge >= 0.3 is 0 Å². The Hall–Kier alpha value is -2.16. The van der Waals surface area contributed by atoms with Gasteiger partial charge in [-0.1, -0.05) is 49.2 Å². The fraction of sp³-hybridized carbons (Fsp3) is 0.333. The van der Waals surface area contributed by atoms with Crippen LogP contribution >= 0.6 is 0 Å². The first-order chi connectivity index (χ1) is 10.2. The van der Waals surface area contributed by atoms with Crippen LogP contribution in [0.5, 0.6) is 0 Å². The normalized spacial score (nSPS) is 11.6. The van der Waals surface area contributed by atoms with Gasteiger partial charge in [0.25, 0.3) is 0 Å². The second-order valence-corrected chi connectivity index (χ2v) is 5.15. The van der Waals surface area contributed by atoms with Crippen LogP contribution in [0.2, 0.25) is 0 Å². The van der Waals surface area contributed by atoms with Crippen molar-refractivity contribution in [2.24, 2.45) is 5.10 Å². The standard InChI is InChI=1S/C18H22N2O/c1-3-5-6-16-7-9-17(10-8-16)18(21)19-20-13-11-15(4-2)12-14-20/h7-14H,3-6H2,1-2H3. The molecule has 1 aromatic heterocycles. The van der Waals surface area contributed by atoms with Crippen molar-refractivity contribution in [3.63, 3.8) is 0 Å². The molecule has 0 unspecified atom stereocenters. The Labute approximate surface area is 126 Å². The number of aryl methyl sites for hydroxylation is 2.